The Balaban J connectivity index is 1.84. The van der Waals surface area contributed by atoms with Gasteiger partial charge in [-0.15, -0.1) is 0 Å². The zero-order valence-corrected chi connectivity index (χ0v) is 11.1. The van der Waals surface area contributed by atoms with Crippen molar-refractivity contribution < 1.29 is 14.3 Å². The monoisotopic (exact) mass is 258 g/mol. The van der Waals surface area contributed by atoms with E-state index in [1.54, 1.807) is 19.2 Å². The van der Waals surface area contributed by atoms with Crippen LogP contribution in [0.3, 0.4) is 0 Å². The maximum atomic E-state index is 12.3. The van der Waals surface area contributed by atoms with E-state index in [0.29, 0.717) is 28.7 Å². The number of hydrogen-bond acceptors (Lipinski definition) is 3. The molecule has 1 aromatic rings. The van der Waals surface area contributed by atoms with Gasteiger partial charge in [-0.05, 0) is 43.0 Å². The fourth-order valence-corrected chi connectivity index (χ4v) is 2.82. The maximum absolute atomic E-state index is 12.3. The van der Waals surface area contributed by atoms with Gasteiger partial charge in [-0.3, -0.25) is 4.79 Å². The Morgan fingerprint density at radius 2 is 2.05 bits per heavy atom. The predicted octanol–water partition coefficient (Wildman–Crippen LogP) is 3.73. The zero-order valence-electron chi connectivity index (χ0n) is 11.1. The van der Waals surface area contributed by atoms with Crippen LogP contribution >= 0.6 is 0 Å². The number of benzene rings is 1. The van der Waals surface area contributed by atoms with Crippen LogP contribution in [-0.4, -0.2) is 12.9 Å². The standard InChI is InChI=1S/C16H18O3/c1-18-12-7-8-14-13(10-12)16(17)15(19-14)9-11-5-3-2-4-6-11/h7-11H,2-6H2,1H3/b15-9-. The van der Waals surface area contributed by atoms with Gasteiger partial charge in [0.1, 0.15) is 11.5 Å². The van der Waals surface area contributed by atoms with Crippen LogP contribution in [-0.2, 0) is 0 Å². The van der Waals surface area contributed by atoms with Crippen LogP contribution in [0.25, 0.3) is 0 Å². The smallest absolute Gasteiger partial charge is 0.231 e. The van der Waals surface area contributed by atoms with Gasteiger partial charge in [-0.1, -0.05) is 19.3 Å². The highest BCUT2D eigenvalue weighted by Gasteiger charge is 2.28. The summed E-state index contributed by atoms with van der Waals surface area (Å²) in [6.07, 6.45) is 8.17. The van der Waals surface area contributed by atoms with Crippen molar-refractivity contribution in [1.82, 2.24) is 0 Å². The van der Waals surface area contributed by atoms with Crippen molar-refractivity contribution in [1.29, 1.82) is 0 Å². The third kappa shape index (κ3) is 2.37. The van der Waals surface area contributed by atoms with E-state index in [2.05, 4.69) is 0 Å². The lowest BCUT2D eigenvalue weighted by Crippen LogP contribution is -2.07. The summed E-state index contributed by atoms with van der Waals surface area (Å²) < 4.78 is 10.8. The number of ether oxygens (including phenoxy) is 2. The fourth-order valence-electron chi connectivity index (χ4n) is 2.82. The van der Waals surface area contributed by atoms with Crippen molar-refractivity contribution in [3.63, 3.8) is 0 Å². The Kier molecular flexibility index (Phi) is 3.28. The highest BCUT2D eigenvalue weighted by Crippen LogP contribution is 2.35. The average Bonchev–Trinajstić information content (AvgIpc) is 2.76. The third-order valence-electron chi connectivity index (χ3n) is 3.91. The van der Waals surface area contributed by atoms with Crippen molar-refractivity contribution >= 4 is 5.78 Å². The molecule has 3 rings (SSSR count). The van der Waals surface area contributed by atoms with Crippen LogP contribution in [0.1, 0.15) is 42.5 Å². The fraction of sp³-hybridized carbons (Fsp3) is 0.438. The maximum Gasteiger partial charge on any atom is 0.231 e. The summed E-state index contributed by atoms with van der Waals surface area (Å²) in [4.78, 5) is 12.3. The molecule has 19 heavy (non-hydrogen) atoms. The Hall–Kier alpha value is -1.77. The Bertz CT molecular complexity index is 525. The van der Waals surface area contributed by atoms with Gasteiger partial charge < -0.3 is 9.47 Å². The van der Waals surface area contributed by atoms with Crippen LogP contribution in [0.5, 0.6) is 11.5 Å². The molecule has 0 amide bonds. The number of rotatable bonds is 2. The largest absolute Gasteiger partial charge is 0.497 e. The Labute approximate surface area is 113 Å². The molecular weight excluding hydrogens is 240 g/mol. The molecule has 0 saturated heterocycles. The van der Waals surface area contributed by atoms with Crippen LogP contribution in [0.15, 0.2) is 30.0 Å². The molecule has 1 aromatic carbocycles. The van der Waals surface area contributed by atoms with E-state index < -0.39 is 0 Å². The predicted molar refractivity (Wildman–Crippen MR) is 72.6 cm³/mol. The first-order valence-corrected chi connectivity index (χ1v) is 6.90. The molecule has 1 fully saturated rings. The number of allylic oxidation sites excluding steroid dienone is 2. The summed E-state index contributed by atoms with van der Waals surface area (Å²) in [5.41, 5.74) is 0.612. The van der Waals surface area contributed by atoms with Gasteiger partial charge in [0.15, 0.2) is 5.76 Å². The first-order chi connectivity index (χ1) is 9.28. The number of carbonyl (C=O) groups excluding carboxylic acids is 1. The normalized spacial score (nSPS) is 21.3. The first-order valence-electron chi connectivity index (χ1n) is 6.90. The first kappa shape index (κ1) is 12.3. The molecule has 0 atom stereocenters. The van der Waals surface area contributed by atoms with Gasteiger partial charge in [0.25, 0.3) is 0 Å². The van der Waals surface area contributed by atoms with Crippen molar-refractivity contribution in [2.24, 2.45) is 5.92 Å². The summed E-state index contributed by atoms with van der Waals surface area (Å²) in [7, 11) is 1.60. The van der Waals surface area contributed by atoms with Gasteiger partial charge in [0.2, 0.25) is 5.78 Å². The second-order valence-corrected chi connectivity index (χ2v) is 5.22. The van der Waals surface area contributed by atoms with E-state index in [1.807, 2.05) is 12.1 Å². The lowest BCUT2D eigenvalue weighted by Gasteiger charge is -2.18. The molecule has 0 radical (unpaired) electrons. The van der Waals surface area contributed by atoms with Crippen molar-refractivity contribution in [2.45, 2.75) is 32.1 Å². The molecule has 1 aliphatic heterocycles. The minimum atomic E-state index is -0.0144. The average molecular weight is 258 g/mol. The molecule has 2 aliphatic rings. The number of carbonyl (C=O) groups is 1. The number of Topliss-reactive ketones (excluding diaryl/α,β-unsaturated/α-hetero) is 1. The molecule has 0 N–H and O–H groups in total. The minimum Gasteiger partial charge on any atom is -0.497 e. The van der Waals surface area contributed by atoms with Gasteiger partial charge in [-0.25, -0.2) is 0 Å². The summed E-state index contributed by atoms with van der Waals surface area (Å²) in [5.74, 6) is 2.31. The molecular formula is C16H18O3. The quantitative estimate of drug-likeness (QED) is 0.758. The molecule has 0 spiro atoms. The third-order valence-corrected chi connectivity index (χ3v) is 3.91. The molecule has 1 aliphatic carbocycles. The minimum absolute atomic E-state index is 0.0144. The van der Waals surface area contributed by atoms with Crippen LogP contribution < -0.4 is 9.47 Å². The highest BCUT2D eigenvalue weighted by molar-refractivity contribution is 6.12. The van der Waals surface area contributed by atoms with E-state index in [4.69, 9.17) is 9.47 Å². The molecule has 0 aromatic heterocycles. The Morgan fingerprint density at radius 3 is 2.79 bits per heavy atom. The zero-order chi connectivity index (χ0) is 13.2. The molecule has 0 bridgehead atoms. The Morgan fingerprint density at radius 1 is 1.26 bits per heavy atom. The molecule has 3 heteroatoms. The molecule has 1 heterocycles. The summed E-state index contributed by atoms with van der Waals surface area (Å²) in [6.45, 7) is 0. The summed E-state index contributed by atoms with van der Waals surface area (Å²) >= 11 is 0. The highest BCUT2D eigenvalue weighted by atomic mass is 16.5. The van der Waals surface area contributed by atoms with Crippen molar-refractivity contribution in [2.75, 3.05) is 7.11 Å². The lowest BCUT2D eigenvalue weighted by atomic mass is 9.88. The number of hydrogen-bond donors (Lipinski definition) is 0. The number of ketones is 1. The molecule has 100 valence electrons. The molecule has 0 unspecified atom stereocenters. The van der Waals surface area contributed by atoms with Crippen molar-refractivity contribution in [3.8, 4) is 11.5 Å². The number of methoxy groups -OCH3 is 1. The molecule has 3 nitrogen and oxygen atoms in total. The second-order valence-electron chi connectivity index (χ2n) is 5.22. The van der Waals surface area contributed by atoms with Gasteiger partial charge in [0.05, 0.1) is 12.7 Å². The van der Waals surface area contributed by atoms with E-state index in [1.165, 1.54) is 32.1 Å². The van der Waals surface area contributed by atoms with Crippen LogP contribution in [0, 0.1) is 5.92 Å². The van der Waals surface area contributed by atoms with Crippen LogP contribution in [0.2, 0.25) is 0 Å². The summed E-state index contributed by atoms with van der Waals surface area (Å²) in [6, 6.07) is 5.36. The number of fused-ring (bicyclic) bond motifs is 1. The lowest BCUT2D eigenvalue weighted by molar-refractivity contribution is 0.101. The van der Waals surface area contributed by atoms with E-state index >= 15 is 0 Å². The second kappa shape index (κ2) is 5.08. The SMILES string of the molecule is COc1ccc2c(c1)C(=O)/C(=C/C1CCCCC1)O2. The van der Waals surface area contributed by atoms with Gasteiger partial charge in [-0.2, -0.15) is 0 Å². The summed E-state index contributed by atoms with van der Waals surface area (Å²) in [5, 5.41) is 0. The van der Waals surface area contributed by atoms with E-state index in [9.17, 15) is 4.79 Å². The van der Waals surface area contributed by atoms with Crippen molar-refractivity contribution in [3.05, 3.63) is 35.6 Å². The van der Waals surface area contributed by atoms with Crippen LogP contribution in [0.4, 0.5) is 0 Å². The van der Waals surface area contributed by atoms with E-state index in [0.717, 1.165) is 0 Å². The molecule has 1 saturated carbocycles. The topological polar surface area (TPSA) is 35.5 Å². The van der Waals surface area contributed by atoms with E-state index in [-0.39, 0.29) is 5.78 Å². The van der Waals surface area contributed by atoms with Gasteiger partial charge >= 0.3 is 0 Å². The van der Waals surface area contributed by atoms with Gasteiger partial charge in [0, 0.05) is 0 Å².